The molecule has 9 heteroatoms. The number of amides is 1. The molecule has 0 bridgehead atoms. The summed E-state index contributed by atoms with van der Waals surface area (Å²) in [6.45, 7) is 1.87. The average Bonchev–Trinajstić information content (AvgIpc) is 2.97. The molecule has 1 amide bonds. The quantitative estimate of drug-likeness (QED) is 0.811. The zero-order valence-corrected chi connectivity index (χ0v) is 15.3. The highest BCUT2D eigenvalue weighted by Gasteiger charge is 2.32. The Morgan fingerprint density at radius 3 is 2.62 bits per heavy atom. The predicted octanol–water partition coefficient (Wildman–Crippen LogP) is 3.10. The van der Waals surface area contributed by atoms with E-state index in [4.69, 9.17) is 11.6 Å². The first-order valence-electron chi connectivity index (χ1n) is 8.33. The van der Waals surface area contributed by atoms with Crippen molar-refractivity contribution in [3.63, 3.8) is 0 Å². The summed E-state index contributed by atoms with van der Waals surface area (Å²) >= 11 is 5.93. The predicted molar refractivity (Wildman–Crippen MR) is 92.2 cm³/mol. The lowest BCUT2D eigenvalue weighted by Crippen LogP contribution is -2.45. The van der Waals surface area contributed by atoms with Gasteiger partial charge in [-0.25, -0.2) is 4.98 Å². The number of likely N-dealkylation sites (tertiary alicyclic amines) is 1. The van der Waals surface area contributed by atoms with E-state index in [1.165, 1.54) is 10.6 Å². The van der Waals surface area contributed by atoms with Crippen LogP contribution in [-0.2, 0) is 17.4 Å². The Bertz CT molecular complexity index is 812. The number of alkyl halides is 3. The first-order valence-corrected chi connectivity index (χ1v) is 8.71. The van der Waals surface area contributed by atoms with Gasteiger partial charge in [0.1, 0.15) is 0 Å². The van der Waals surface area contributed by atoms with E-state index in [9.17, 15) is 18.0 Å². The second kappa shape index (κ2) is 7.08. The van der Waals surface area contributed by atoms with Crippen molar-refractivity contribution in [3.8, 4) is 0 Å². The van der Waals surface area contributed by atoms with E-state index in [0.717, 1.165) is 38.2 Å². The molecule has 0 aromatic carbocycles. The molecule has 5 nitrogen and oxygen atoms in total. The third kappa shape index (κ3) is 3.96. The zero-order chi connectivity index (χ0) is 19.1. The second-order valence-corrected chi connectivity index (χ2v) is 7.16. The standard InChI is InChI=1S/C17H20ClF3N4O/c1-23-5-3-13(4-6-23)24(2)15(26)8-12-10-25-9-11(17(19,20)21)7-14(18)16(25)22-12/h7,9-10,13H,3-6,8H2,1-2H3. The molecule has 3 heterocycles. The highest BCUT2D eigenvalue weighted by molar-refractivity contribution is 6.33. The van der Waals surface area contributed by atoms with E-state index in [0.29, 0.717) is 5.69 Å². The van der Waals surface area contributed by atoms with Crippen LogP contribution in [0, 0.1) is 0 Å². The molecule has 1 aliphatic heterocycles. The summed E-state index contributed by atoms with van der Waals surface area (Å²) in [7, 11) is 3.82. The van der Waals surface area contributed by atoms with Crippen LogP contribution < -0.4 is 0 Å². The number of carbonyl (C=O) groups excluding carboxylic acids is 1. The van der Waals surface area contributed by atoms with Crippen LogP contribution in [0.15, 0.2) is 18.5 Å². The molecule has 26 heavy (non-hydrogen) atoms. The summed E-state index contributed by atoms with van der Waals surface area (Å²) in [6.07, 6.45) is -0.288. The van der Waals surface area contributed by atoms with Gasteiger partial charge in [0, 0.05) is 25.5 Å². The maximum atomic E-state index is 12.9. The van der Waals surface area contributed by atoms with Gasteiger partial charge in [-0.2, -0.15) is 13.2 Å². The Morgan fingerprint density at radius 2 is 2.00 bits per heavy atom. The van der Waals surface area contributed by atoms with E-state index in [1.807, 2.05) is 7.05 Å². The number of piperidine rings is 1. The SMILES string of the molecule is CN1CCC(N(C)C(=O)Cc2cn3cc(C(F)(F)F)cc(Cl)c3n2)CC1. The van der Waals surface area contributed by atoms with Gasteiger partial charge in [-0.1, -0.05) is 11.6 Å². The van der Waals surface area contributed by atoms with Crippen molar-refractivity contribution in [2.45, 2.75) is 31.5 Å². The number of rotatable bonds is 3. The minimum atomic E-state index is -4.49. The minimum Gasteiger partial charge on any atom is -0.342 e. The van der Waals surface area contributed by atoms with Gasteiger partial charge in [0.15, 0.2) is 5.65 Å². The van der Waals surface area contributed by atoms with Crippen molar-refractivity contribution in [2.75, 3.05) is 27.2 Å². The molecule has 0 unspecified atom stereocenters. The number of nitrogens with zero attached hydrogens (tertiary/aromatic N) is 4. The summed E-state index contributed by atoms with van der Waals surface area (Å²) in [5.41, 5.74) is -0.242. The first kappa shape index (κ1) is 19.0. The van der Waals surface area contributed by atoms with Gasteiger partial charge in [-0.3, -0.25) is 4.79 Å². The van der Waals surface area contributed by atoms with Gasteiger partial charge in [0.05, 0.1) is 22.7 Å². The average molecular weight is 389 g/mol. The van der Waals surface area contributed by atoms with Gasteiger partial charge >= 0.3 is 6.18 Å². The summed E-state index contributed by atoms with van der Waals surface area (Å²) in [4.78, 5) is 20.7. The van der Waals surface area contributed by atoms with Gasteiger partial charge in [0.25, 0.3) is 0 Å². The van der Waals surface area contributed by atoms with Crippen LogP contribution in [-0.4, -0.2) is 58.3 Å². The molecule has 1 saturated heterocycles. The van der Waals surface area contributed by atoms with E-state index in [1.54, 1.807) is 11.9 Å². The summed E-state index contributed by atoms with van der Waals surface area (Å²) in [6, 6.07) is 1.02. The number of hydrogen-bond acceptors (Lipinski definition) is 3. The van der Waals surface area contributed by atoms with Crippen LogP contribution in [0.1, 0.15) is 24.1 Å². The summed E-state index contributed by atoms with van der Waals surface area (Å²) in [5, 5.41) is -0.0952. The van der Waals surface area contributed by atoms with Gasteiger partial charge in [0.2, 0.25) is 5.91 Å². The van der Waals surface area contributed by atoms with Crippen molar-refractivity contribution in [3.05, 3.63) is 34.7 Å². The number of pyridine rings is 1. The highest BCUT2D eigenvalue weighted by Crippen LogP contribution is 2.32. The molecule has 0 saturated carbocycles. The van der Waals surface area contributed by atoms with Crippen LogP contribution in [0.25, 0.3) is 5.65 Å². The fraction of sp³-hybridized carbons (Fsp3) is 0.529. The monoisotopic (exact) mass is 388 g/mol. The normalized spacial score (nSPS) is 17.0. The molecule has 2 aromatic heterocycles. The van der Waals surface area contributed by atoms with Gasteiger partial charge in [-0.15, -0.1) is 0 Å². The molecule has 0 aliphatic carbocycles. The number of hydrogen-bond donors (Lipinski definition) is 0. The van der Waals surface area contributed by atoms with Crippen LogP contribution in [0.5, 0.6) is 0 Å². The third-order valence-electron chi connectivity index (χ3n) is 4.85. The third-order valence-corrected chi connectivity index (χ3v) is 5.12. The summed E-state index contributed by atoms with van der Waals surface area (Å²) in [5.74, 6) is -0.102. The topological polar surface area (TPSA) is 40.9 Å². The molecule has 142 valence electrons. The molecule has 0 radical (unpaired) electrons. The number of likely N-dealkylation sites (N-methyl/N-ethyl adjacent to an activating group) is 1. The van der Waals surface area contributed by atoms with Crippen LogP contribution >= 0.6 is 11.6 Å². The molecule has 3 rings (SSSR count). The lowest BCUT2D eigenvalue weighted by Gasteiger charge is -2.35. The summed E-state index contributed by atoms with van der Waals surface area (Å²) < 4.78 is 39.9. The molecule has 1 fully saturated rings. The van der Waals surface area contributed by atoms with E-state index in [2.05, 4.69) is 9.88 Å². The second-order valence-electron chi connectivity index (χ2n) is 6.75. The van der Waals surface area contributed by atoms with Crippen molar-refractivity contribution in [2.24, 2.45) is 0 Å². The molecule has 0 atom stereocenters. The highest BCUT2D eigenvalue weighted by atomic mass is 35.5. The Hall–Kier alpha value is -1.80. The smallest absolute Gasteiger partial charge is 0.342 e. The van der Waals surface area contributed by atoms with Gasteiger partial charge < -0.3 is 14.2 Å². The Kier molecular flexibility index (Phi) is 5.16. The number of fused-ring (bicyclic) bond motifs is 1. The van der Waals surface area contributed by atoms with Crippen molar-refractivity contribution in [1.29, 1.82) is 0 Å². The first-order chi connectivity index (χ1) is 12.1. The maximum Gasteiger partial charge on any atom is 0.417 e. The number of carbonyl (C=O) groups is 1. The molecule has 2 aromatic rings. The van der Waals surface area contributed by atoms with Crippen LogP contribution in [0.4, 0.5) is 13.2 Å². The molecule has 1 aliphatic rings. The number of imidazole rings is 1. The van der Waals surface area contributed by atoms with Crippen LogP contribution in [0.2, 0.25) is 5.02 Å². The Labute approximate surface area is 154 Å². The van der Waals surface area contributed by atoms with Crippen molar-refractivity contribution >= 4 is 23.2 Å². The van der Waals surface area contributed by atoms with E-state index < -0.39 is 11.7 Å². The Balaban J connectivity index is 1.76. The Morgan fingerprint density at radius 1 is 1.35 bits per heavy atom. The van der Waals surface area contributed by atoms with Crippen molar-refractivity contribution in [1.82, 2.24) is 19.2 Å². The van der Waals surface area contributed by atoms with Crippen LogP contribution in [0.3, 0.4) is 0 Å². The lowest BCUT2D eigenvalue weighted by atomic mass is 10.0. The van der Waals surface area contributed by atoms with Crippen molar-refractivity contribution < 1.29 is 18.0 Å². The van der Waals surface area contributed by atoms with E-state index >= 15 is 0 Å². The zero-order valence-electron chi connectivity index (χ0n) is 14.6. The van der Waals surface area contributed by atoms with Gasteiger partial charge in [-0.05, 0) is 39.0 Å². The molecule has 0 N–H and O–H groups in total. The lowest BCUT2D eigenvalue weighted by molar-refractivity contribution is -0.138. The maximum absolute atomic E-state index is 12.9. The fourth-order valence-electron chi connectivity index (χ4n) is 3.21. The molecular formula is C17H20ClF3N4O. The largest absolute Gasteiger partial charge is 0.417 e. The number of aromatic nitrogens is 2. The molecular weight excluding hydrogens is 369 g/mol. The fourth-order valence-corrected chi connectivity index (χ4v) is 3.47. The molecule has 0 spiro atoms. The number of halogens is 4. The van der Waals surface area contributed by atoms with E-state index in [-0.39, 0.29) is 29.0 Å². The minimum absolute atomic E-state index is 0.0300.